The number of H-pyrrole nitrogens is 1. The molecule has 0 spiro atoms. The number of nitrogens with two attached hydrogens (primary N) is 1. The van der Waals surface area contributed by atoms with Crippen molar-refractivity contribution in [2.75, 3.05) is 6.26 Å². The summed E-state index contributed by atoms with van der Waals surface area (Å²) in [5, 5.41) is 0. The minimum atomic E-state index is -3.15. The lowest BCUT2D eigenvalue weighted by molar-refractivity contribution is 0.602. The van der Waals surface area contributed by atoms with Crippen LogP contribution in [0.15, 0.2) is 35.4 Å². The summed E-state index contributed by atoms with van der Waals surface area (Å²) in [6.45, 7) is 1.92. The van der Waals surface area contributed by atoms with Crippen molar-refractivity contribution >= 4 is 9.84 Å². The summed E-state index contributed by atoms with van der Waals surface area (Å²) in [7, 11) is -3.15. The van der Waals surface area contributed by atoms with E-state index in [1.165, 1.54) is 6.26 Å². The molecule has 1 aromatic heterocycles. The SMILES string of the molecule is CC(N)Cc1ncc(-c2ccc(S(C)(=O)=O)cc2)[nH]1. The topological polar surface area (TPSA) is 88.8 Å². The molecular formula is C13H17N3O2S. The predicted molar refractivity (Wildman–Crippen MR) is 74.5 cm³/mol. The van der Waals surface area contributed by atoms with Gasteiger partial charge in [-0.15, -0.1) is 0 Å². The van der Waals surface area contributed by atoms with E-state index in [0.29, 0.717) is 11.3 Å². The predicted octanol–water partition coefficient (Wildman–Crippen LogP) is 1.37. The van der Waals surface area contributed by atoms with Gasteiger partial charge < -0.3 is 10.7 Å². The number of hydrogen-bond acceptors (Lipinski definition) is 4. The molecule has 1 atom stereocenters. The maximum absolute atomic E-state index is 11.4. The molecule has 0 aliphatic rings. The van der Waals surface area contributed by atoms with Gasteiger partial charge in [-0.05, 0) is 24.6 Å². The minimum Gasteiger partial charge on any atom is -0.342 e. The number of nitrogens with zero attached hydrogens (tertiary/aromatic N) is 1. The van der Waals surface area contributed by atoms with Crippen molar-refractivity contribution < 1.29 is 8.42 Å². The Morgan fingerprint density at radius 3 is 2.47 bits per heavy atom. The van der Waals surface area contributed by atoms with Crippen molar-refractivity contribution in [3.63, 3.8) is 0 Å². The van der Waals surface area contributed by atoms with E-state index in [2.05, 4.69) is 9.97 Å². The van der Waals surface area contributed by atoms with Gasteiger partial charge in [0.05, 0.1) is 16.8 Å². The van der Waals surface area contributed by atoms with Crippen LogP contribution in [0.5, 0.6) is 0 Å². The van der Waals surface area contributed by atoms with E-state index >= 15 is 0 Å². The number of hydrogen-bond donors (Lipinski definition) is 2. The molecule has 3 N–H and O–H groups in total. The maximum Gasteiger partial charge on any atom is 0.175 e. The highest BCUT2D eigenvalue weighted by molar-refractivity contribution is 7.90. The molecule has 19 heavy (non-hydrogen) atoms. The van der Waals surface area contributed by atoms with Gasteiger partial charge in [-0.1, -0.05) is 12.1 Å². The molecule has 1 aromatic carbocycles. The van der Waals surface area contributed by atoms with Crippen LogP contribution >= 0.6 is 0 Å². The zero-order valence-electron chi connectivity index (χ0n) is 10.9. The van der Waals surface area contributed by atoms with Crippen molar-refractivity contribution in [3.05, 3.63) is 36.3 Å². The van der Waals surface area contributed by atoms with Gasteiger partial charge in [-0.25, -0.2) is 13.4 Å². The van der Waals surface area contributed by atoms with Gasteiger partial charge in [0.2, 0.25) is 0 Å². The highest BCUT2D eigenvalue weighted by Gasteiger charge is 2.08. The molecule has 0 bridgehead atoms. The molecule has 0 saturated heterocycles. The second-order valence-electron chi connectivity index (χ2n) is 4.72. The Balaban J connectivity index is 2.25. The third kappa shape index (κ3) is 3.42. The Kier molecular flexibility index (Phi) is 3.73. The molecule has 6 heteroatoms. The highest BCUT2D eigenvalue weighted by atomic mass is 32.2. The molecule has 0 fully saturated rings. The summed E-state index contributed by atoms with van der Waals surface area (Å²) in [6, 6.07) is 6.76. The van der Waals surface area contributed by atoms with Gasteiger partial charge in [-0.3, -0.25) is 0 Å². The van der Waals surface area contributed by atoms with Crippen LogP contribution in [-0.4, -0.2) is 30.7 Å². The number of aromatic amines is 1. The average Bonchev–Trinajstić information content (AvgIpc) is 2.75. The lowest BCUT2D eigenvalue weighted by atomic mass is 10.2. The molecule has 0 amide bonds. The van der Waals surface area contributed by atoms with Crippen LogP contribution in [0.2, 0.25) is 0 Å². The van der Waals surface area contributed by atoms with Gasteiger partial charge in [0, 0.05) is 18.7 Å². The van der Waals surface area contributed by atoms with Crippen LogP contribution in [0.3, 0.4) is 0 Å². The van der Waals surface area contributed by atoms with Crippen molar-refractivity contribution in [3.8, 4) is 11.3 Å². The molecule has 0 aliphatic heterocycles. The van der Waals surface area contributed by atoms with Gasteiger partial charge >= 0.3 is 0 Å². The molecule has 0 saturated carbocycles. The fourth-order valence-corrected chi connectivity index (χ4v) is 2.43. The Morgan fingerprint density at radius 1 is 1.32 bits per heavy atom. The van der Waals surface area contributed by atoms with Gasteiger partial charge in [0.25, 0.3) is 0 Å². The number of imidazole rings is 1. The first-order chi connectivity index (χ1) is 8.86. The van der Waals surface area contributed by atoms with E-state index in [9.17, 15) is 8.42 Å². The van der Waals surface area contributed by atoms with E-state index in [4.69, 9.17) is 5.73 Å². The van der Waals surface area contributed by atoms with Crippen LogP contribution in [0.1, 0.15) is 12.7 Å². The van der Waals surface area contributed by atoms with Crippen molar-refractivity contribution in [2.24, 2.45) is 5.73 Å². The first kappa shape index (κ1) is 13.8. The quantitative estimate of drug-likeness (QED) is 0.884. The highest BCUT2D eigenvalue weighted by Crippen LogP contribution is 2.19. The summed E-state index contributed by atoms with van der Waals surface area (Å²) in [4.78, 5) is 7.74. The van der Waals surface area contributed by atoms with E-state index in [1.807, 2.05) is 6.92 Å². The second kappa shape index (κ2) is 5.14. The molecule has 2 rings (SSSR count). The molecule has 5 nitrogen and oxygen atoms in total. The van der Waals surface area contributed by atoms with E-state index < -0.39 is 9.84 Å². The normalized spacial score (nSPS) is 13.4. The van der Waals surface area contributed by atoms with E-state index in [0.717, 1.165) is 17.1 Å². The van der Waals surface area contributed by atoms with Crippen LogP contribution in [-0.2, 0) is 16.3 Å². The monoisotopic (exact) mass is 279 g/mol. The fraction of sp³-hybridized carbons (Fsp3) is 0.308. The number of nitrogens with one attached hydrogen (secondary N) is 1. The second-order valence-corrected chi connectivity index (χ2v) is 6.74. The number of aromatic nitrogens is 2. The summed E-state index contributed by atoms with van der Waals surface area (Å²) >= 11 is 0. The van der Waals surface area contributed by atoms with E-state index in [1.54, 1.807) is 30.5 Å². The van der Waals surface area contributed by atoms with Crippen molar-refractivity contribution in [1.82, 2.24) is 9.97 Å². The third-order valence-electron chi connectivity index (χ3n) is 2.74. The Morgan fingerprint density at radius 2 is 1.95 bits per heavy atom. The summed E-state index contributed by atoms with van der Waals surface area (Å²) < 4.78 is 22.7. The zero-order valence-corrected chi connectivity index (χ0v) is 11.7. The first-order valence-corrected chi connectivity index (χ1v) is 7.85. The number of sulfone groups is 1. The standard InChI is InChI=1S/C13H17N3O2S/c1-9(14)7-13-15-8-12(16-13)10-3-5-11(6-4-10)19(2,17)18/h3-6,8-9H,7,14H2,1-2H3,(H,15,16). The van der Waals surface area contributed by atoms with Crippen LogP contribution in [0.25, 0.3) is 11.3 Å². The van der Waals surface area contributed by atoms with Crippen LogP contribution < -0.4 is 5.73 Å². The molecule has 102 valence electrons. The van der Waals surface area contributed by atoms with Crippen molar-refractivity contribution in [1.29, 1.82) is 0 Å². The number of benzene rings is 1. The van der Waals surface area contributed by atoms with Gasteiger partial charge in [-0.2, -0.15) is 0 Å². The van der Waals surface area contributed by atoms with Gasteiger partial charge in [0.15, 0.2) is 9.84 Å². The molecule has 1 heterocycles. The average molecular weight is 279 g/mol. The van der Waals surface area contributed by atoms with Crippen LogP contribution in [0, 0.1) is 0 Å². The molecule has 2 aromatic rings. The Labute approximate surface area is 112 Å². The fourth-order valence-electron chi connectivity index (χ4n) is 1.80. The first-order valence-electron chi connectivity index (χ1n) is 5.96. The molecule has 0 aliphatic carbocycles. The molecule has 0 radical (unpaired) electrons. The smallest absolute Gasteiger partial charge is 0.175 e. The summed E-state index contributed by atoms with van der Waals surface area (Å²) in [5.41, 5.74) is 7.47. The van der Waals surface area contributed by atoms with Gasteiger partial charge in [0.1, 0.15) is 5.82 Å². The minimum absolute atomic E-state index is 0.0478. The third-order valence-corrected chi connectivity index (χ3v) is 3.87. The largest absolute Gasteiger partial charge is 0.342 e. The van der Waals surface area contributed by atoms with E-state index in [-0.39, 0.29) is 6.04 Å². The van der Waals surface area contributed by atoms with Crippen LogP contribution in [0.4, 0.5) is 0 Å². The Bertz CT molecular complexity index is 657. The maximum atomic E-state index is 11.4. The molecule has 1 unspecified atom stereocenters. The van der Waals surface area contributed by atoms with Crippen molar-refractivity contribution in [2.45, 2.75) is 24.3 Å². The Hall–Kier alpha value is -1.66. The lowest BCUT2D eigenvalue weighted by Crippen LogP contribution is -2.18. The summed E-state index contributed by atoms with van der Waals surface area (Å²) in [5.74, 6) is 0.831. The lowest BCUT2D eigenvalue weighted by Gasteiger charge is -2.02. The molecular weight excluding hydrogens is 262 g/mol. The summed E-state index contributed by atoms with van der Waals surface area (Å²) in [6.07, 6.45) is 3.60. The number of rotatable bonds is 4. The zero-order chi connectivity index (χ0) is 14.0.